The van der Waals surface area contributed by atoms with Gasteiger partial charge in [-0.3, -0.25) is 9.78 Å². The zero-order valence-electron chi connectivity index (χ0n) is 14.4. The third-order valence-electron chi connectivity index (χ3n) is 4.24. The van der Waals surface area contributed by atoms with E-state index in [1.54, 1.807) is 42.4 Å². The molecule has 0 saturated carbocycles. The normalized spacial score (nSPS) is 18.0. The van der Waals surface area contributed by atoms with Crippen LogP contribution >= 0.6 is 23.2 Å². The number of carbonyl (C=O) groups excluding carboxylic acids is 1. The Balaban J connectivity index is 1.50. The summed E-state index contributed by atoms with van der Waals surface area (Å²) >= 11 is 12.0. The third kappa shape index (κ3) is 4.87. The lowest BCUT2D eigenvalue weighted by atomic mass is 10.3. The van der Waals surface area contributed by atoms with E-state index in [4.69, 9.17) is 32.7 Å². The molecular weight excluding hydrogens is 375 g/mol. The van der Waals surface area contributed by atoms with Crippen molar-refractivity contribution in [2.24, 2.45) is 0 Å². The molecule has 1 aromatic heterocycles. The second kappa shape index (κ2) is 8.71. The maximum atomic E-state index is 12.6. The van der Waals surface area contributed by atoms with Crippen molar-refractivity contribution in [3.63, 3.8) is 0 Å². The van der Waals surface area contributed by atoms with E-state index in [-0.39, 0.29) is 12.0 Å². The molecule has 2 atom stereocenters. The molecular formula is C19H20Cl2N2O3. The Morgan fingerprint density at radius 3 is 2.81 bits per heavy atom. The zero-order chi connectivity index (χ0) is 18.5. The predicted molar refractivity (Wildman–Crippen MR) is 101 cm³/mol. The first-order valence-electron chi connectivity index (χ1n) is 8.44. The molecule has 1 amide bonds. The van der Waals surface area contributed by atoms with Crippen molar-refractivity contribution in [1.29, 1.82) is 0 Å². The van der Waals surface area contributed by atoms with Gasteiger partial charge < -0.3 is 14.4 Å². The van der Waals surface area contributed by atoms with Crippen LogP contribution in [0.5, 0.6) is 5.75 Å². The lowest BCUT2D eigenvalue weighted by molar-refractivity contribution is -0.137. The number of hydrogen-bond acceptors (Lipinski definition) is 4. The summed E-state index contributed by atoms with van der Waals surface area (Å²) in [7, 11) is 0. The SMILES string of the molecule is C[C@@H](Oc1ccc(Cl)cc1Cl)C(=O)N1CC[C@H](OCc2ccncc2)C1. The monoisotopic (exact) mass is 394 g/mol. The van der Waals surface area contributed by atoms with Crippen LogP contribution in [-0.2, 0) is 16.1 Å². The van der Waals surface area contributed by atoms with Gasteiger partial charge in [0.25, 0.3) is 5.91 Å². The molecule has 1 fully saturated rings. The Bertz CT molecular complexity index is 758. The minimum atomic E-state index is -0.632. The van der Waals surface area contributed by atoms with Gasteiger partial charge in [-0.25, -0.2) is 0 Å². The van der Waals surface area contributed by atoms with Crippen molar-refractivity contribution in [2.45, 2.75) is 32.2 Å². The summed E-state index contributed by atoms with van der Waals surface area (Å²) in [6, 6.07) is 8.78. The van der Waals surface area contributed by atoms with Gasteiger partial charge >= 0.3 is 0 Å². The predicted octanol–water partition coefficient (Wildman–Crippen LogP) is 3.97. The number of pyridine rings is 1. The fourth-order valence-electron chi connectivity index (χ4n) is 2.83. The van der Waals surface area contributed by atoms with Crippen LogP contribution in [0.25, 0.3) is 0 Å². The van der Waals surface area contributed by atoms with Gasteiger partial charge in [0.05, 0.1) is 17.7 Å². The largest absolute Gasteiger partial charge is 0.479 e. The second-order valence-corrected chi connectivity index (χ2v) is 7.04. The molecule has 138 valence electrons. The smallest absolute Gasteiger partial charge is 0.263 e. The van der Waals surface area contributed by atoms with Crippen molar-refractivity contribution in [3.8, 4) is 5.75 Å². The number of ether oxygens (including phenoxy) is 2. The number of aromatic nitrogens is 1. The topological polar surface area (TPSA) is 51.7 Å². The van der Waals surface area contributed by atoms with Crippen LogP contribution in [0.4, 0.5) is 0 Å². The Morgan fingerprint density at radius 1 is 1.31 bits per heavy atom. The summed E-state index contributed by atoms with van der Waals surface area (Å²) < 4.78 is 11.6. The Morgan fingerprint density at radius 2 is 2.08 bits per heavy atom. The molecule has 0 radical (unpaired) electrons. The summed E-state index contributed by atoms with van der Waals surface area (Å²) in [5.41, 5.74) is 1.07. The van der Waals surface area contributed by atoms with E-state index in [1.165, 1.54) is 0 Å². The molecule has 1 saturated heterocycles. The molecule has 0 bridgehead atoms. The van der Waals surface area contributed by atoms with Gasteiger partial charge in [0.1, 0.15) is 5.75 Å². The Labute approximate surface area is 162 Å². The van der Waals surface area contributed by atoms with E-state index in [1.807, 2.05) is 12.1 Å². The van der Waals surface area contributed by atoms with Gasteiger partial charge in [0.2, 0.25) is 0 Å². The maximum absolute atomic E-state index is 12.6. The number of likely N-dealkylation sites (tertiary alicyclic amines) is 1. The number of amides is 1. The van der Waals surface area contributed by atoms with E-state index in [2.05, 4.69) is 4.98 Å². The summed E-state index contributed by atoms with van der Waals surface area (Å²) in [6.45, 7) is 3.45. The minimum Gasteiger partial charge on any atom is -0.479 e. The van der Waals surface area contributed by atoms with Crippen molar-refractivity contribution < 1.29 is 14.3 Å². The van der Waals surface area contributed by atoms with E-state index in [0.29, 0.717) is 35.5 Å². The van der Waals surface area contributed by atoms with Gasteiger partial charge in [0.15, 0.2) is 6.10 Å². The van der Waals surface area contributed by atoms with Gasteiger partial charge in [-0.05, 0) is 49.2 Å². The van der Waals surface area contributed by atoms with Crippen LogP contribution in [0.15, 0.2) is 42.7 Å². The first-order chi connectivity index (χ1) is 12.5. The summed E-state index contributed by atoms with van der Waals surface area (Å²) in [6.07, 6.45) is 3.69. The number of nitrogens with zero attached hydrogens (tertiary/aromatic N) is 2. The highest BCUT2D eigenvalue weighted by atomic mass is 35.5. The average molecular weight is 395 g/mol. The van der Waals surface area contributed by atoms with Crippen LogP contribution in [0.2, 0.25) is 10.0 Å². The molecule has 0 aliphatic carbocycles. The lowest BCUT2D eigenvalue weighted by Crippen LogP contribution is -2.39. The Hall–Kier alpha value is -1.82. The molecule has 0 unspecified atom stereocenters. The van der Waals surface area contributed by atoms with Gasteiger partial charge in [-0.2, -0.15) is 0 Å². The molecule has 1 aliphatic rings. The number of rotatable bonds is 6. The van der Waals surface area contributed by atoms with E-state index >= 15 is 0 Å². The van der Waals surface area contributed by atoms with E-state index < -0.39 is 6.10 Å². The Kier molecular flexibility index (Phi) is 6.35. The number of hydrogen-bond donors (Lipinski definition) is 0. The molecule has 2 aromatic rings. The van der Waals surface area contributed by atoms with Crippen LogP contribution in [0, 0.1) is 0 Å². The maximum Gasteiger partial charge on any atom is 0.263 e. The van der Waals surface area contributed by atoms with Gasteiger partial charge in [0, 0.05) is 30.5 Å². The van der Waals surface area contributed by atoms with Gasteiger partial charge in [-0.1, -0.05) is 23.2 Å². The van der Waals surface area contributed by atoms with Crippen LogP contribution in [0.3, 0.4) is 0 Å². The van der Waals surface area contributed by atoms with Crippen LogP contribution < -0.4 is 4.74 Å². The van der Waals surface area contributed by atoms with Crippen molar-refractivity contribution in [2.75, 3.05) is 13.1 Å². The molecule has 1 aromatic carbocycles. The standard InChI is InChI=1S/C19H20Cl2N2O3/c1-13(26-18-3-2-15(20)10-17(18)21)19(24)23-9-6-16(11-23)25-12-14-4-7-22-8-5-14/h2-5,7-8,10,13,16H,6,9,11-12H2,1H3/t13-,16+/m1/s1. The highest BCUT2D eigenvalue weighted by Gasteiger charge is 2.30. The summed E-state index contributed by atoms with van der Waals surface area (Å²) in [4.78, 5) is 18.4. The summed E-state index contributed by atoms with van der Waals surface area (Å²) in [5.74, 6) is 0.368. The molecule has 0 N–H and O–H groups in total. The van der Waals surface area contributed by atoms with Crippen molar-refractivity contribution in [3.05, 3.63) is 58.3 Å². The van der Waals surface area contributed by atoms with Crippen molar-refractivity contribution in [1.82, 2.24) is 9.88 Å². The minimum absolute atomic E-state index is 0.0263. The van der Waals surface area contributed by atoms with E-state index in [0.717, 1.165) is 12.0 Å². The first kappa shape index (κ1) is 19.0. The second-order valence-electron chi connectivity index (χ2n) is 6.20. The molecule has 1 aliphatic heterocycles. The van der Waals surface area contributed by atoms with Crippen LogP contribution in [-0.4, -0.2) is 41.1 Å². The number of carbonyl (C=O) groups is 1. The molecule has 3 rings (SSSR count). The number of benzene rings is 1. The highest BCUT2D eigenvalue weighted by Crippen LogP contribution is 2.28. The molecule has 0 spiro atoms. The zero-order valence-corrected chi connectivity index (χ0v) is 15.9. The fraction of sp³-hybridized carbons (Fsp3) is 0.368. The molecule has 2 heterocycles. The van der Waals surface area contributed by atoms with Crippen LogP contribution in [0.1, 0.15) is 18.9 Å². The van der Waals surface area contributed by atoms with Gasteiger partial charge in [-0.15, -0.1) is 0 Å². The van der Waals surface area contributed by atoms with Crippen molar-refractivity contribution >= 4 is 29.1 Å². The highest BCUT2D eigenvalue weighted by molar-refractivity contribution is 6.35. The fourth-order valence-corrected chi connectivity index (χ4v) is 3.28. The number of halogens is 2. The molecule has 26 heavy (non-hydrogen) atoms. The molecule has 5 nitrogen and oxygen atoms in total. The third-order valence-corrected chi connectivity index (χ3v) is 4.77. The lowest BCUT2D eigenvalue weighted by Gasteiger charge is -2.22. The van der Waals surface area contributed by atoms with E-state index in [9.17, 15) is 4.79 Å². The first-order valence-corrected chi connectivity index (χ1v) is 9.19. The summed E-state index contributed by atoms with van der Waals surface area (Å²) in [5, 5.41) is 0.909. The molecule has 7 heteroatoms. The average Bonchev–Trinajstić information content (AvgIpc) is 3.11. The quantitative estimate of drug-likeness (QED) is 0.743.